The van der Waals surface area contributed by atoms with Crippen LogP contribution < -0.4 is 9.05 Å². The van der Waals surface area contributed by atoms with E-state index >= 15 is 0 Å². The minimum atomic E-state index is -1.48. The minimum Gasteiger partial charge on any atom is -0.438 e. The molecule has 0 aliphatic heterocycles. The normalized spacial score (nSPS) is 12.8. The summed E-state index contributed by atoms with van der Waals surface area (Å²) < 4.78 is 14.6. The van der Waals surface area contributed by atoms with Crippen LogP contribution in [-0.2, 0) is 21.7 Å². The van der Waals surface area contributed by atoms with Crippen molar-refractivity contribution in [2.45, 2.75) is 103 Å². The molecule has 0 saturated carbocycles. The van der Waals surface area contributed by atoms with Gasteiger partial charge in [-0.1, -0.05) is 201 Å². The van der Waals surface area contributed by atoms with Crippen LogP contribution >= 0.6 is 8.38 Å². The Morgan fingerprint density at radius 1 is 0.309 bits per heavy atom. The van der Waals surface area contributed by atoms with E-state index in [9.17, 15) is 0 Å². The molecular weight excluding hydrogens is 688 g/mol. The van der Waals surface area contributed by atoms with E-state index in [1.54, 1.807) is 0 Å². The largest absolute Gasteiger partial charge is 0.438 e. The van der Waals surface area contributed by atoms with Gasteiger partial charge in [0.25, 0.3) is 8.38 Å². The fourth-order valence-corrected chi connectivity index (χ4v) is 8.77. The number of benzene rings is 6. The van der Waals surface area contributed by atoms with Crippen LogP contribution in [0.25, 0.3) is 0 Å². The quantitative estimate of drug-likeness (QED) is 0.116. The highest BCUT2D eigenvalue weighted by atomic mass is 31.2. The molecule has 284 valence electrons. The topological polar surface area (TPSA) is 18.5 Å². The first kappa shape index (κ1) is 40.0. The third kappa shape index (κ3) is 8.32. The molecule has 0 bridgehead atoms. The van der Waals surface area contributed by atoms with Crippen LogP contribution in [0.4, 0.5) is 0 Å². The Morgan fingerprint density at radius 2 is 0.582 bits per heavy atom. The van der Waals surface area contributed by atoms with Crippen LogP contribution in [0, 0.1) is 0 Å². The second-order valence-electron chi connectivity index (χ2n) is 18.0. The minimum absolute atomic E-state index is 0.209. The van der Waals surface area contributed by atoms with Gasteiger partial charge in [0.2, 0.25) is 0 Å². The molecule has 0 atom stereocenters. The van der Waals surface area contributed by atoms with Crippen molar-refractivity contribution in [3.8, 4) is 11.5 Å². The molecule has 0 aromatic heterocycles. The van der Waals surface area contributed by atoms with E-state index in [0.717, 1.165) is 22.6 Å². The maximum Gasteiger partial charge on any atom is 0.296 e. The summed E-state index contributed by atoms with van der Waals surface area (Å²) in [5, 5.41) is -0.304. The highest BCUT2D eigenvalue weighted by molar-refractivity contribution is 7.49. The second-order valence-corrected chi connectivity index (χ2v) is 20.2. The summed E-state index contributed by atoms with van der Waals surface area (Å²) in [6.45, 7) is 25.1. The first-order valence-electron chi connectivity index (χ1n) is 19.6. The molecule has 55 heavy (non-hydrogen) atoms. The summed E-state index contributed by atoms with van der Waals surface area (Å²) in [6, 6.07) is 56.7. The monoisotopic (exact) mass is 746 g/mol. The molecule has 6 aromatic rings. The predicted molar refractivity (Wildman–Crippen MR) is 235 cm³/mol. The van der Waals surface area contributed by atoms with Gasteiger partial charge in [0, 0.05) is 32.8 Å². The molecule has 0 N–H and O–H groups in total. The predicted octanol–water partition coefficient (Wildman–Crippen LogP) is 14.6. The molecule has 6 aromatic carbocycles. The van der Waals surface area contributed by atoms with E-state index in [4.69, 9.17) is 9.05 Å². The van der Waals surface area contributed by atoms with Gasteiger partial charge in [0.05, 0.1) is 5.16 Å². The molecule has 0 saturated heterocycles. The van der Waals surface area contributed by atoms with Gasteiger partial charge >= 0.3 is 0 Å². The SMILES string of the molecule is CC(C)(c1ccccc1)c1ccc(OP(Oc2ccc(C(C)(C)c3ccccc3)cc2C(C)(C)c2ccccc2)C(C)(C)C)c(C(C)(C)c2ccccc2)c1. The summed E-state index contributed by atoms with van der Waals surface area (Å²) in [7, 11) is -1.48. The average molecular weight is 747 g/mol. The molecule has 0 aliphatic carbocycles. The lowest BCUT2D eigenvalue weighted by Gasteiger charge is -2.36. The Morgan fingerprint density at radius 3 is 0.855 bits per heavy atom. The maximum atomic E-state index is 7.28. The number of hydrogen-bond donors (Lipinski definition) is 0. The van der Waals surface area contributed by atoms with E-state index in [1.165, 1.54) is 33.4 Å². The van der Waals surface area contributed by atoms with Crippen molar-refractivity contribution in [3.05, 3.63) is 202 Å². The lowest BCUT2D eigenvalue weighted by atomic mass is 9.73. The molecular formula is C52H59O2P. The fourth-order valence-electron chi connectivity index (χ4n) is 7.51. The van der Waals surface area contributed by atoms with Crippen LogP contribution in [0.5, 0.6) is 11.5 Å². The Kier molecular flexibility index (Phi) is 11.3. The Balaban J connectivity index is 1.47. The first-order valence-corrected chi connectivity index (χ1v) is 20.8. The molecule has 6 rings (SSSR count). The third-order valence-electron chi connectivity index (χ3n) is 11.6. The van der Waals surface area contributed by atoms with Crippen molar-refractivity contribution in [1.29, 1.82) is 0 Å². The van der Waals surface area contributed by atoms with Gasteiger partial charge in [-0.3, -0.25) is 0 Å². The maximum absolute atomic E-state index is 7.28. The fraction of sp³-hybridized carbons (Fsp3) is 0.308. The molecule has 0 radical (unpaired) electrons. The van der Waals surface area contributed by atoms with Crippen LogP contribution in [0.2, 0.25) is 0 Å². The Labute approximate surface area is 332 Å². The van der Waals surface area contributed by atoms with E-state index < -0.39 is 8.38 Å². The first-order chi connectivity index (χ1) is 25.9. The molecule has 0 unspecified atom stereocenters. The zero-order valence-corrected chi connectivity index (χ0v) is 35.7. The Bertz CT molecular complexity index is 2030. The third-order valence-corrected chi connectivity index (χ3v) is 13.5. The van der Waals surface area contributed by atoms with Gasteiger partial charge in [-0.05, 0) is 66.3 Å². The van der Waals surface area contributed by atoms with Crippen LogP contribution in [0.3, 0.4) is 0 Å². The highest BCUT2D eigenvalue weighted by Gasteiger charge is 2.38. The van der Waals surface area contributed by atoms with Crippen LogP contribution in [-0.4, -0.2) is 5.16 Å². The summed E-state index contributed by atoms with van der Waals surface area (Å²) in [5.74, 6) is 1.71. The van der Waals surface area contributed by atoms with Crippen molar-refractivity contribution in [1.82, 2.24) is 0 Å². The van der Waals surface area contributed by atoms with Gasteiger partial charge < -0.3 is 9.05 Å². The van der Waals surface area contributed by atoms with E-state index in [2.05, 4.69) is 234 Å². The standard InChI is InChI=1S/C52H59O2P/c1-48(2,3)55(53-46-34-32-42(49(4,5)38-24-16-12-17-25-38)36-44(46)51(8,9)40-28-20-14-21-29-40)54-47-35-33-43(50(6,7)39-26-18-13-19-27-39)37-45(47)52(10,11)41-30-22-15-23-31-41/h12-37H,1-11H3. The Hall–Kier alpha value is -4.65. The average Bonchev–Trinajstić information content (AvgIpc) is 3.18. The highest BCUT2D eigenvalue weighted by Crippen LogP contribution is 2.55. The van der Waals surface area contributed by atoms with Crippen molar-refractivity contribution in [3.63, 3.8) is 0 Å². The molecule has 0 heterocycles. The van der Waals surface area contributed by atoms with Crippen molar-refractivity contribution in [2.24, 2.45) is 0 Å². The molecule has 0 fully saturated rings. The number of hydrogen-bond acceptors (Lipinski definition) is 2. The summed E-state index contributed by atoms with van der Waals surface area (Å²) in [6.07, 6.45) is 0. The van der Waals surface area contributed by atoms with E-state index in [1.807, 2.05) is 0 Å². The molecule has 0 spiro atoms. The zero-order chi connectivity index (χ0) is 39.6. The van der Waals surface area contributed by atoms with Gasteiger partial charge in [0.15, 0.2) is 0 Å². The second kappa shape index (κ2) is 15.5. The van der Waals surface area contributed by atoms with Gasteiger partial charge in [-0.15, -0.1) is 0 Å². The molecule has 2 nitrogen and oxygen atoms in total. The summed E-state index contributed by atoms with van der Waals surface area (Å²) in [4.78, 5) is 0. The van der Waals surface area contributed by atoms with Crippen LogP contribution in [0.1, 0.15) is 121 Å². The molecule has 0 amide bonds. The van der Waals surface area contributed by atoms with E-state index in [0.29, 0.717) is 0 Å². The van der Waals surface area contributed by atoms with Gasteiger partial charge in [-0.25, -0.2) is 0 Å². The van der Waals surface area contributed by atoms with Crippen molar-refractivity contribution >= 4 is 8.38 Å². The smallest absolute Gasteiger partial charge is 0.296 e. The zero-order valence-electron chi connectivity index (χ0n) is 34.8. The number of rotatable bonds is 12. The van der Waals surface area contributed by atoms with Gasteiger partial charge in [0.1, 0.15) is 11.5 Å². The van der Waals surface area contributed by atoms with Crippen molar-refractivity contribution < 1.29 is 9.05 Å². The van der Waals surface area contributed by atoms with E-state index in [-0.39, 0.29) is 26.8 Å². The summed E-state index contributed by atoms with van der Waals surface area (Å²) in [5.41, 5.74) is 8.70. The lowest BCUT2D eigenvalue weighted by Crippen LogP contribution is -2.26. The van der Waals surface area contributed by atoms with Crippen LogP contribution in [0.15, 0.2) is 158 Å². The lowest BCUT2D eigenvalue weighted by molar-refractivity contribution is 0.437. The summed E-state index contributed by atoms with van der Waals surface area (Å²) >= 11 is 0. The van der Waals surface area contributed by atoms with Gasteiger partial charge in [-0.2, -0.15) is 0 Å². The van der Waals surface area contributed by atoms with Crippen molar-refractivity contribution in [2.75, 3.05) is 0 Å². The molecule has 3 heteroatoms. The molecule has 0 aliphatic rings.